The van der Waals surface area contributed by atoms with Gasteiger partial charge in [-0.2, -0.15) is 0 Å². The lowest BCUT2D eigenvalue weighted by Gasteiger charge is -2.09. The zero-order valence-electron chi connectivity index (χ0n) is 11.3. The Morgan fingerprint density at radius 2 is 2.05 bits per heavy atom. The van der Waals surface area contributed by atoms with E-state index in [-0.39, 0.29) is 0 Å². The Kier molecular flexibility index (Phi) is 4.35. The third-order valence-corrected chi connectivity index (χ3v) is 2.69. The first-order chi connectivity index (χ1) is 9.30. The van der Waals surface area contributed by atoms with E-state index in [1.165, 1.54) is 0 Å². The zero-order chi connectivity index (χ0) is 13.7. The van der Waals surface area contributed by atoms with Crippen LogP contribution < -0.4 is 14.8 Å². The first kappa shape index (κ1) is 13.4. The standard InChI is InChI=1S/C13H17N3O3/c1-14-8-7-11-15-16-13(19-11)9-5-4-6-10(17-2)12(9)18-3/h4-6,14H,7-8H2,1-3H3. The van der Waals surface area contributed by atoms with E-state index in [4.69, 9.17) is 13.9 Å². The van der Waals surface area contributed by atoms with Gasteiger partial charge >= 0.3 is 0 Å². The predicted molar refractivity (Wildman–Crippen MR) is 70.5 cm³/mol. The van der Waals surface area contributed by atoms with Gasteiger partial charge in [-0.3, -0.25) is 0 Å². The van der Waals surface area contributed by atoms with E-state index in [2.05, 4.69) is 15.5 Å². The number of hydrogen-bond acceptors (Lipinski definition) is 6. The van der Waals surface area contributed by atoms with Gasteiger partial charge in [-0.15, -0.1) is 10.2 Å². The van der Waals surface area contributed by atoms with E-state index in [0.29, 0.717) is 29.7 Å². The Morgan fingerprint density at radius 1 is 1.21 bits per heavy atom. The lowest BCUT2D eigenvalue weighted by Crippen LogP contribution is -2.10. The number of rotatable bonds is 6. The molecule has 2 aromatic rings. The second-order valence-electron chi connectivity index (χ2n) is 3.90. The number of nitrogens with zero attached hydrogens (tertiary/aromatic N) is 2. The number of para-hydroxylation sites is 1. The summed E-state index contributed by atoms with van der Waals surface area (Å²) in [6.07, 6.45) is 0.690. The number of hydrogen-bond donors (Lipinski definition) is 1. The number of aromatic nitrogens is 2. The molecule has 2 rings (SSSR count). The molecule has 1 aromatic heterocycles. The molecule has 0 amide bonds. The van der Waals surface area contributed by atoms with Crippen LogP contribution in [0.15, 0.2) is 22.6 Å². The van der Waals surface area contributed by atoms with Crippen LogP contribution in [0.5, 0.6) is 11.5 Å². The maximum absolute atomic E-state index is 5.62. The highest BCUT2D eigenvalue weighted by Crippen LogP contribution is 2.36. The van der Waals surface area contributed by atoms with Crippen LogP contribution in [-0.4, -0.2) is 38.0 Å². The summed E-state index contributed by atoms with van der Waals surface area (Å²) in [5.41, 5.74) is 0.727. The number of likely N-dealkylation sites (N-methyl/N-ethyl adjacent to an activating group) is 1. The lowest BCUT2D eigenvalue weighted by molar-refractivity contribution is 0.355. The SMILES string of the molecule is CNCCc1nnc(-c2cccc(OC)c2OC)o1. The van der Waals surface area contributed by atoms with Crippen molar-refractivity contribution in [3.63, 3.8) is 0 Å². The van der Waals surface area contributed by atoms with Gasteiger partial charge in [0.05, 0.1) is 19.8 Å². The molecule has 0 fully saturated rings. The summed E-state index contributed by atoms with van der Waals surface area (Å²) in [6.45, 7) is 0.789. The van der Waals surface area contributed by atoms with Gasteiger partial charge in [0.15, 0.2) is 11.5 Å². The first-order valence-electron chi connectivity index (χ1n) is 5.98. The highest BCUT2D eigenvalue weighted by molar-refractivity contribution is 5.67. The molecule has 0 radical (unpaired) electrons. The van der Waals surface area contributed by atoms with E-state index < -0.39 is 0 Å². The predicted octanol–water partition coefficient (Wildman–Crippen LogP) is 1.52. The second-order valence-corrected chi connectivity index (χ2v) is 3.90. The summed E-state index contributed by atoms with van der Waals surface area (Å²) in [5, 5.41) is 11.1. The third kappa shape index (κ3) is 2.85. The van der Waals surface area contributed by atoms with Crippen LogP contribution in [0, 0.1) is 0 Å². The van der Waals surface area contributed by atoms with Crippen molar-refractivity contribution in [3.8, 4) is 23.0 Å². The van der Waals surface area contributed by atoms with Crippen LogP contribution in [0.25, 0.3) is 11.5 Å². The molecular formula is C13H17N3O3. The minimum atomic E-state index is 0.432. The summed E-state index contributed by atoms with van der Waals surface area (Å²) in [7, 11) is 5.05. The molecule has 0 spiro atoms. The monoisotopic (exact) mass is 263 g/mol. The van der Waals surface area contributed by atoms with E-state index >= 15 is 0 Å². The third-order valence-electron chi connectivity index (χ3n) is 2.69. The summed E-state index contributed by atoms with van der Waals surface area (Å²) < 4.78 is 16.2. The Balaban J connectivity index is 2.33. The van der Waals surface area contributed by atoms with Crippen molar-refractivity contribution >= 4 is 0 Å². The fourth-order valence-corrected chi connectivity index (χ4v) is 1.75. The second kappa shape index (κ2) is 6.19. The van der Waals surface area contributed by atoms with Gasteiger partial charge in [0.25, 0.3) is 5.89 Å². The van der Waals surface area contributed by atoms with Crippen molar-refractivity contribution in [1.29, 1.82) is 0 Å². The van der Waals surface area contributed by atoms with Crippen LogP contribution in [0.2, 0.25) is 0 Å². The van der Waals surface area contributed by atoms with Gasteiger partial charge in [-0.1, -0.05) is 6.07 Å². The van der Waals surface area contributed by atoms with Gasteiger partial charge in [0, 0.05) is 13.0 Å². The summed E-state index contributed by atoms with van der Waals surface area (Å²) in [4.78, 5) is 0. The summed E-state index contributed by atoms with van der Waals surface area (Å²) >= 11 is 0. The lowest BCUT2D eigenvalue weighted by atomic mass is 10.2. The van der Waals surface area contributed by atoms with Gasteiger partial charge in [0.2, 0.25) is 5.89 Å². The molecule has 0 aliphatic carbocycles. The number of methoxy groups -OCH3 is 2. The first-order valence-corrected chi connectivity index (χ1v) is 5.98. The molecule has 0 saturated carbocycles. The van der Waals surface area contributed by atoms with Gasteiger partial charge in [-0.25, -0.2) is 0 Å². The van der Waals surface area contributed by atoms with Gasteiger partial charge in [0.1, 0.15) is 0 Å². The van der Waals surface area contributed by atoms with E-state index in [0.717, 1.165) is 12.1 Å². The molecule has 0 aliphatic heterocycles. The van der Waals surface area contributed by atoms with Crippen LogP contribution >= 0.6 is 0 Å². The summed E-state index contributed by atoms with van der Waals surface area (Å²) in [5.74, 6) is 2.25. The van der Waals surface area contributed by atoms with E-state index in [1.807, 2.05) is 25.2 Å². The van der Waals surface area contributed by atoms with Crippen molar-refractivity contribution in [2.75, 3.05) is 27.8 Å². The van der Waals surface area contributed by atoms with Crippen molar-refractivity contribution in [2.24, 2.45) is 0 Å². The average Bonchev–Trinajstić information content (AvgIpc) is 2.92. The zero-order valence-corrected chi connectivity index (χ0v) is 11.3. The topological polar surface area (TPSA) is 69.4 Å². The number of benzene rings is 1. The number of nitrogens with one attached hydrogen (secondary N) is 1. The fourth-order valence-electron chi connectivity index (χ4n) is 1.75. The quantitative estimate of drug-likeness (QED) is 0.852. The van der Waals surface area contributed by atoms with Gasteiger partial charge < -0.3 is 19.2 Å². The van der Waals surface area contributed by atoms with Gasteiger partial charge in [-0.05, 0) is 19.2 Å². The molecule has 1 N–H and O–H groups in total. The summed E-state index contributed by atoms with van der Waals surface area (Å²) in [6, 6.07) is 5.53. The highest BCUT2D eigenvalue weighted by atomic mass is 16.5. The molecule has 0 unspecified atom stereocenters. The Labute approximate surface area is 111 Å². The average molecular weight is 263 g/mol. The molecule has 0 aliphatic rings. The number of ether oxygens (including phenoxy) is 2. The Morgan fingerprint density at radius 3 is 2.74 bits per heavy atom. The molecule has 0 atom stereocenters. The Bertz CT molecular complexity index is 540. The minimum absolute atomic E-state index is 0.432. The molecule has 0 bridgehead atoms. The van der Waals surface area contributed by atoms with Crippen LogP contribution in [0.4, 0.5) is 0 Å². The maximum Gasteiger partial charge on any atom is 0.251 e. The van der Waals surface area contributed by atoms with Crippen molar-refractivity contribution < 1.29 is 13.9 Å². The fraction of sp³-hybridized carbons (Fsp3) is 0.385. The van der Waals surface area contributed by atoms with Crippen LogP contribution in [0.3, 0.4) is 0 Å². The maximum atomic E-state index is 5.62. The molecular weight excluding hydrogens is 246 g/mol. The minimum Gasteiger partial charge on any atom is -0.493 e. The normalized spacial score (nSPS) is 10.5. The smallest absolute Gasteiger partial charge is 0.251 e. The molecule has 6 heteroatoms. The van der Waals surface area contributed by atoms with Crippen LogP contribution in [-0.2, 0) is 6.42 Å². The molecule has 1 heterocycles. The molecule has 19 heavy (non-hydrogen) atoms. The van der Waals surface area contributed by atoms with E-state index in [9.17, 15) is 0 Å². The highest BCUT2D eigenvalue weighted by Gasteiger charge is 2.16. The molecule has 1 aromatic carbocycles. The van der Waals surface area contributed by atoms with E-state index in [1.54, 1.807) is 14.2 Å². The largest absolute Gasteiger partial charge is 0.493 e. The van der Waals surface area contributed by atoms with Crippen molar-refractivity contribution in [3.05, 3.63) is 24.1 Å². The van der Waals surface area contributed by atoms with Crippen LogP contribution in [0.1, 0.15) is 5.89 Å². The molecule has 6 nitrogen and oxygen atoms in total. The Hall–Kier alpha value is -2.08. The van der Waals surface area contributed by atoms with Crippen molar-refractivity contribution in [2.45, 2.75) is 6.42 Å². The molecule has 102 valence electrons. The molecule has 0 saturated heterocycles. The van der Waals surface area contributed by atoms with Crippen molar-refractivity contribution in [1.82, 2.24) is 15.5 Å².